The van der Waals surface area contributed by atoms with Crippen molar-refractivity contribution in [2.24, 2.45) is 16.6 Å². The monoisotopic (exact) mass is 430 g/mol. The maximum atomic E-state index is 13.3. The van der Waals surface area contributed by atoms with E-state index in [4.69, 9.17) is 10.7 Å². The predicted molar refractivity (Wildman–Crippen MR) is 127 cm³/mol. The van der Waals surface area contributed by atoms with Crippen molar-refractivity contribution in [1.82, 2.24) is 9.88 Å². The number of nitrogens with two attached hydrogens (primary N) is 1. The fraction of sp³-hybridized carbons (Fsp3) is 0.583. The van der Waals surface area contributed by atoms with E-state index in [1.807, 2.05) is 12.1 Å². The number of carbonyl (C=O) groups excluding carboxylic acids is 1. The van der Waals surface area contributed by atoms with Crippen molar-refractivity contribution in [3.63, 3.8) is 0 Å². The van der Waals surface area contributed by atoms with Crippen LogP contribution in [0.15, 0.2) is 34.6 Å². The molecule has 0 unspecified atom stereocenters. The van der Waals surface area contributed by atoms with Gasteiger partial charge in [0.1, 0.15) is 6.04 Å². The van der Waals surface area contributed by atoms with E-state index in [0.29, 0.717) is 19.0 Å². The molecule has 0 aliphatic carbocycles. The van der Waals surface area contributed by atoms with Crippen molar-refractivity contribution in [3.05, 3.63) is 45.7 Å². The van der Waals surface area contributed by atoms with Gasteiger partial charge >= 0.3 is 0 Å². The van der Waals surface area contributed by atoms with Gasteiger partial charge < -0.3 is 15.6 Å². The number of rotatable bonds is 9. The molecule has 5 nitrogen and oxygen atoms in total. The van der Waals surface area contributed by atoms with Crippen LogP contribution in [0.5, 0.6) is 0 Å². The molecule has 0 spiro atoms. The highest BCUT2D eigenvalue weighted by Gasteiger charge is 2.29. The number of unbranched alkanes of at least 4 members (excludes halogenated alkanes) is 1. The molecule has 30 heavy (non-hydrogen) atoms. The molecule has 6 heteroatoms. The Hall–Kier alpha value is -1.92. The van der Waals surface area contributed by atoms with E-state index in [1.54, 1.807) is 11.3 Å². The number of hydrogen-bond donors (Lipinski definition) is 2. The minimum atomic E-state index is -0.285. The van der Waals surface area contributed by atoms with E-state index in [-0.39, 0.29) is 17.4 Å². The molecule has 1 amide bonds. The Morgan fingerprint density at radius 2 is 2.00 bits per heavy atom. The van der Waals surface area contributed by atoms with Crippen molar-refractivity contribution in [2.45, 2.75) is 72.3 Å². The minimum Gasteiger partial charge on any atom is -0.354 e. The quantitative estimate of drug-likeness (QED) is 0.559. The second-order valence-electron chi connectivity index (χ2n) is 9.41. The Bertz CT molecular complexity index is 889. The average Bonchev–Trinajstić information content (AvgIpc) is 3.06. The fourth-order valence-electron chi connectivity index (χ4n) is 3.43. The Morgan fingerprint density at radius 1 is 1.27 bits per heavy atom. The summed E-state index contributed by atoms with van der Waals surface area (Å²) in [5, 5.41) is 5.29. The normalized spacial score (nSPS) is 13.7. The summed E-state index contributed by atoms with van der Waals surface area (Å²) < 4.78 is 2.17. The Balaban J connectivity index is 2.54. The fourth-order valence-corrected chi connectivity index (χ4v) is 4.61. The average molecular weight is 431 g/mol. The van der Waals surface area contributed by atoms with Gasteiger partial charge in [-0.2, -0.15) is 0 Å². The first-order valence-electron chi connectivity index (χ1n) is 10.9. The lowest BCUT2D eigenvalue weighted by Crippen LogP contribution is -2.39. The maximum absolute atomic E-state index is 13.3. The van der Waals surface area contributed by atoms with E-state index in [9.17, 15) is 4.79 Å². The van der Waals surface area contributed by atoms with Gasteiger partial charge in [0.2, 0.25) is 5.91 Å². The number of thiazole rings is 1. The Kier molecular flexibility index (Phi) is 8.86. The summed E-state index contributed by atoms with van der Waals surface area (Å²) in [7, 11) is 0. The number of aromatic nitrogens is 1. The van der Waals surface area contributed by atoms with Crippen LogP contribution in [-0.4, -0.2) is 23.6 Å². The molecular formula is C24H38N4OS. The van der Waals surface area contributed by atoms with Crippen molar-refractivity contribution >= 4 is 22.9 Å². The van der Waals surface area contributed by atoms with Gasteiger partial charge in [0.05, 0.1) is 5.69 Å². The number of amides is 1. The van der Waals surface area contributed by atoms with Gasteiger partial charge in [-0.25, -0.2) is 4.99 Å². The van der Waals surface area contributed by atoms with Crippen LogP contribution >= 0.6 is 11.3 Å². The van der Waals surface area contributed by atoms with Gasteiger partial charge in [-0.3, -0.25) is 4.79 Å². The molecule has 1 atom stereocenters. The van der Waals surface area contributed by atoms with Crippen molar-refractivity contribution in [3.8, 4) is 0 Å². The number of nitrogens with one attached hydrogen (secondary N) is 1. The largest absolute Gasteiger partial charge is 0.354 e. The lowest BCUT2D eigenvalue weighted by Gasteiger charge is -2.27. The van der Waals surface area contributed by atoms with Crippen LogP contribution in [0.25, 0.3) is 0 Å². The summed E-state index contributed by atoms with van der Waals surface area (Å²) in [5.74, 6) is 0.451. The molecule has 1 aromatic carbocycles. The maximum Gasteiger partial charge on any atom is 0.243 e. The van der Waals surface area contributed by atoms with E-state index in [0.717, 1.165) is 35.4 Å². The first kappa shape index (κ1) is 24.4. The second-order valence-corrected chi connectivity index (χ2v) is 10.2. The van der Waals surface area contributed by atoms with Gasteiger partial charge in [0.15, 0.2) is 4.80 Å². The highest BCUT2D eigenvalue weighted by Crippen LogP contribution is 2.28. The third-order valence-corrected chi connectivity index (χ3v) is 5.82. The molecule has 0 radical (unpaired) electrons. The van der Waals surface area contributed by atoms with Crippen LogP contribution in [0.3, 0.4) is 0 Å². The SMILES string of the molecule is Cc1cccc(N=c2scc(C(C)(C)C)n2[C@@H](CC(C)C)C(=O)NCCCCN)c1. The topological polar surface area (TPSA) is 72.4 Å². The van der Waals surface area contributed by atoms with Crippen molar-refractivity contribution in [1.29, 1.82) is 0 Å². The lowest BCUT2D eigenvalue weighted by atomic mass is 9.91. The zero-order valence-corrected chi connectivity index (χ0v) is 20.2. The van der Waals surface area contributed by atoms with Gasteiger partial charge in [-0.1, -0.05) is 46.8 Å². The zero-order valence-electron chi connectivity index (χ0n) is 19.4. The van der Waals surface area contributed by atoms with Crippen LogP contribution in [0.2, 0.25) is 0 Å². The molecule has 0 bridgehead atoms. The zero-order chi connectivity index (χ0) is 22.3. The van der Waals surface area contributed by atoms with Crippen LogP contribution in [-0.2, 0) is 10.2 Å². The summed E-state index contributed by atoms with van der Waals surface area (Å²) in [4.78, 5) is 19.1. The molecule has 0 aliphatic heterocycles. The summed E-state index contributed by atoms with van der Waals surface area (Å²) in [6.07, 6.45) is 2.59. The van der Waals surface area contributed by atoms with Crippen LogP contribution in [0.4, 0.5) is 5.69 Å². The van der Waals surface area contributed by atoms with Crippen molar-refractivity contribution < 1.29 is 4.79 Å². The van der Waals surface area contributed by atoms with Crippen LogP contribution in [0.1, 0.15) is 71.2 Å². The van der Waals surface area contributed by atoms with Gasteiger partial charge in [-0.05, 0) is 56.3 Å². The molecule has 0 aliphatic rings. The van der Waals surface area contributed by atoms with Crippen LogP contribution in [0, 0.1) is 12.8 Å². The third-order valence-electron chi connectivity index (χ3n) is 4.98. The number of hydrogen-bond acceptors (Lipinski definition) is 4. The Morgan fingerprint density at radius 3 is 2.60 bits per heavy atom. The highest BCUT2D eigenvalue weighted by atomic mass is 32.1. The van der Waals surface area contributed by atoms with E-state index >= 15 is 0 Å². The Labute approximate surface area is 185 Å². The molecule has 2 rings (SSSR count). The molecule has 1 heterocycles. The minimum absolute atomic E-state index is 0.0651. The molecule has 0 fully saturated rings. The molecule has 166 valence electrons. The predicted octanol–water partition coefficient (Wildman–Crippen LogP) is 4.83. The molecule has 2 aromatic rings. The highest BCUT2D eigenvalue weighted by molar-refractivity contribution is 7.07. The number of carbonyl (C=O) groups is 1. The molecule has 0 saturated heterocycles. The van der Waals surface area contributed by atoms with Gasteiger partial charge in [-0.15, -0.1) is 11.3 Å². The number of nitrogens with zero attached hydrogens (tertiary/aromatic N) is 2. The van der Waals surface area contributed by atoms with Crippen molar-refractivity contribution in [2.75, 3.05) is 13.1 Å². The van der Waals surface area contributed by atoms with Crippen LogP contribution < -0.4 is 15.9 Å². The third kappa shape index (κ3) is 6.81. The summed E-state index contributed by atoms with van der Waals surface area (Å²) in [6.45, 7) is 14.3. The summed E-state index contributed by atoms with van der Waals surface area (Å²) in [6, 6.07) is 7.89. The van der Waals surface area contributed by atoms with Gasteiger partial charge in [0.25, 0.3) is 0 Å². The van der Waals surface area contributed by atoms with Gasteiger partial charge in [0, 0.05) is 23.0 Å². The first-order chi connectivity index (χ1) is 14.1. The number of aryl methyl sites for hydroxylation is 1. The summed E-state index contributed by atoms with van der Waals surface area (Å²) >= 11 is 1.61. The lowest BCUT2D eigenvalue weighted by molar-refractivity contribution is -0.125. The first-order valence-corrected chi connectivity index (χ1v) is 11.8. The smallest absolute Gasteiger partial charge is 0.243 e. The van der Waals surface area contributed by atoms with E-state index in [1.165, 1.54) is 5.56 Å². The molecule has 0 saturated carbocycles. The second kappa shape index (κ2) is 10.9. The van der Waals surface area contributed by atoms with E-state index < -0.39 is 0 Å². The molecular weight excluding hydrogens is 392 g/mol. The molecule has 1 aromatic heterocycles. The standard InChI is InChI=1S/C24H38N4OS/c1-17(2)14-20(22(29)26-13-8-7-12-25)28-21(24(4,5)6)16-30-23(28)27-19-11-9-10-18(3)15-19/h9-11,15-17,20H,7-8,12-14,25H2,1-6H3,(H,26,29)/t20-/m0/s1. The number of benzene rings is 1. The summed E-state index contributed by atoms with van der Waals surface area (Å²) in [5.41, 5.74) is 8.73. The molecule has 3 N–H and O–H groups in total. The van der Waals surface area contributed by atoms with E-state index in [2.05, 4.69) is 68.9 Å².